The van der Waals surface area contributed by atoms with Gasteiger partial charge in [-0.3, -0.25) is 4.79 Å². The largest absolute Gasteiger partial charge is 0.454 e. The van der Waals surface area contributed by atoms with Crippen molar-refractivity contribution in [3.63, 3.8) is 0 Å². The SMILES string of the molecule is CC1(CNC(=O)Cc2csc(-c3ccc4c(c3)OCO4)n2)CCNCC1. The predicted octanol–water partition coefficient (Wildman–Crippen LogP) is 2.59. The van der Waals surface area contributed by atoms with Gasteiger partial charge in [0.1, 0.15) is 5.01 Å². The van der Waals surface area contributed by atoms with Gasteiger partial charge in [0.25, 0.3) is 0 Å². The molecule has 0 radical (unpaired) electrons. The van der Waals surface area contributed by atoms with Crippen LogP contribution >= 0.6 is 11.3 Å². The Morgan fingerprint density at radius 2 is 2.12 bits per heavy atom. The van der Waals surface area contributed by atoms with Gasteiger partial charge in [-0.05, 0) is 49.5 Å². The van der Waals surface area contributed by atoms with Crippen LogP contribution in [0.5, 0.6) is 11.5 Å². The van der Waals surface area contributed by atoms with Crippen LogP contribution in [0, 0.1) is 5.41 Å². The molecule has 1 aromatic carbocycles. The Hall–Kier alpha value is -2.12. The first kappa shape index (κ1) is 17.3. The highest BCUT2D eigenvalue weighted by Gasteiger charge is 2.27. The van der Waals surface area contributed by atoms with Crippen LogP contribution in [0.15, 0.2) is 23.6 Å². The minimum atomic E-state index is 0.0345. The Labute approximate surface area is 156 Å². The van der Waals surface area contributed by atoms with E-state index in [1.807, 2.05) is 23.6 Å². The number of amides is 1. The molecule has 138 valence electrons. The van der Waals surface area contributed by atoms with Gasteiger partial charge in [-0.1, -0.05) is 6.92 Å². The van der Waals surface area contributed by atoms with Crippen LogP contribution in [-0.4, -0.2) is 37.3 Å². The van der Waals surface area contributed by atoms with Crippen molar-refractivity contribution in [2.45, 2.75) is 26.2 Å². The fourth-order valence-electron chi connectivity index (χ4n) is 3.30. The lowest BCUT2D eigenvalue weighted by Gasteiger charge is -2.34. The zero-order valence-corrected chi connectivity index (χ0v) is 15.7. The summed E-state index contributed by atoms with van der Waals surface area (Å²) < 4.78 is 10.8. The second-order valence-corrected chi connectivity index (χ2v) is 8.08. The smallest absolute Gasteiger partial charge is 0.231 e. The van der Waals surface area contributed by atoms with E-state index in [-0.39, 0.29) is 18.1 Å². The van der Waals surface area contributed by atoms with Gasteiger partial charge in [-0.25, -0.2) is 4.98 Å². The molecule has 1 fully saturated rings. The van der Waals surface area contributed by atoms with Gasteiger partial charge in [0.15, 0.2) is 11.5 Å². The Bertz CT molecular complexity index is 799. The van der Waals surface area contributed by atoms with Crippen molar-refractivity contribution in [2.75, 3.05) is 26.4 Å². The van der Waals surface area contributed by atoms with Crippen molar-refractivity contribution in [1.82, 2.24) is 15.6 Å². The van der Waals surface area contributed by atoms with Crippen LogP contribution in [-0.2, 0) is 11.2 Å². The molecule has 3 heterocycles. The van der Waals surface area contributed by atoms with Crippen molar-refractivity contribution in [3.8, 4) is 22.1 Å². The number of thiazole rings is 1. The Kier molecular flexibility index (Phi) is 4.82. The fourth-order valence-corrected chi connectivity index (χ4v) is 4.11. The van der Waals surface area contributed by atoms with Gasteiger partial charge in [0.05, 0.1) is 12.1 Å². The van der Waals surface area contributed by atoms with E-state index in [0.717, 1.165) is 60.2 Å². The third kappa shape index (κ3) is 3.83. The second-order valence-electron chi connectivity index (χ2n) is 7.23. The lowest BCUT2D eigenvalue weighted by atomic mass is 9.81. The van der Waals surface area contributed by atoms with E-state index in [9.17, 15) is 4.79 Å². The molecule has 0 saturated carbocycles. The van der Waals surface area contributed by atoms with E-state index in [4.69, 9.17) is 9.47 Å². The summed E-state index contributed by atoms with van der Waals surface area (Å²) in [4.78, 5) is 16.9. The summed E-state index contributed by atoms with van der Waals surface area (Å²) in [5.74, 6) is 1.54. The van der Waals surface area contributed by atoms with Crippen molar-refractivity contribution in [2.24, 2.45) is 5.41 Å². The summed E-state index contributed by atoms with van der Waals surface area (Å²) in [7, 11) is 0. The zero-order valence-electron chi connectivity index (χ0n) is 14.8. The number of carbonyl (C=O) groups excluding carboxylic acids is 1. The van der Waals surface area contributed by atoms with E-state index < -0.39 is 0 Å². The fraction of sp³-hybridized carbons (Fsp3) is 0.474. The van der Waals surface area contributed by atoms with Gasteiger partial charge in [-0.2, -0.15) is 0 Å². The van der Waals surface area contributed by atoms with Crippen LogP contribution in [0.25, 0.3) is 10.6 Å². The van der Waals surface area contributed by atoms with E-state index in [0.29, 0.717) is 6.42 Å². The third-order valence-electron chi connectivity index (χ3n) is 5.04. The number of aromatic nitrogens is 1. The standard InChI is InChI=1S/C19H23N3O3S/c1-19(4-6-20-7-5-19)11-21-17(23)9-14-10-26-18(22-14)13-2-3-15-16(8-13)25-12-24-15/h2-3,8,10,20H,4-7,9,11-12H2,1H3,(H,21,23). The summed E-state index contributed by atoms with van der Waals surface area (Å²) in [5.41, 5.74) is 1.98. The number of fused-ring (bicyclic) bond motifs is 1. The normalized spacial score (nSPS) is 17.9. The van der Waals surface area contributed by atoms with Crippen molar-refractivity contribution in [3.05, 3.63) is 29.3 Å². The number of nitrogens with zero attached hydrogens (tertiary/aromatic N) is 1. The van der Waals surface area contributed by atoms with Crippen molar-refractivity contribution >= 4 is 17.2 Å². The molecule has 2 aliphatic heterocycles. The number of hydrogen-bond acceptors (Lipinski definition) is 6. The zero-order chi connectivity index (χ0) is 18.0. The Morgan fingerprint density at radius 1 is 1.31 bits per heavy atom. The molecule has 2 N–H and O–H groups in total. The molecule has 0 bridgehead atoms. The molecule has 1 aromatic heterocycles. The minimum Gasteiger partial charge on any atom is -0.454 e. The quantitative estimate of drug-likeness (QED) is 0.843. The second kappa shape index (κ2) is 7.25. The Balaban J connectivity index is 1.35. The molecular formula is C19H23N3O3S. The van der Waals surface area contributed by atoms with Gasteiger partial charge in [0, 0.05) is 17.5 Å². The number of carbonyl (C=O) groups is 1. The number of hydrogen-bond donors (Lipinski definition) is 2. The summed E-state index contributed by atoms with van der Waals surface area (Å²) in [5, 5.41) is 9.28. The molecule has 6 nitrogen and oxygen atoms in total. The van der Waals surface area contributed by atoms with E-state index in [1.165, 1.54) is 11.3 Å². The number of piperidine rings is 1. The highest BCUT2D eigenvalue weighted by Crippen LogP contribution is 2.36. The lowest BCUT2D eigenvalue weighted by molar-refractivity contribution is -0.121. The minimum absolute atomic E-state index is 0.0345. The van der Waals surface area contributed by atoms with Gasteiger partial charge >= 0.3 is 0 Å². The molecule has 0 atom stereocenters. The van der Waals surface area contributed by atoms with Crippen LogP contribution in [0.2, 0.25) is 0 Å². The highest BCUT2D eigenvalue weighted by molar-refractivity contribution is 7.13. The average Bonchev–Trinajstić information content (AvgIpc) is 3.29. The first-order valence-corrected chi connectivity index (χ1v) is 9.81. The van der Waals surface area contributed by atoms with Crippen LogP contribution < -0.4 is 20.1 Å². The molecule has 1 amide bonds. The van der Waals surface area contributed by atoms with Crippen molar-refractivity contribution < 1.29 is 14.3 Å². The van der Waals surface area contributed by atoms with Crippen LogP contribution in [0.3, 0.4) is 0 Å². The maximum Gasteiger partial charge on any atom is 0.231 e. The van der Waals surface area contributed by atoms with Gasteiger partial charge < -0.3 is 20.1 Å². The summed E-state index contributed by atoms with van der Waals surface area (Å²) >= 11 is 1.54. The predicted molar refractivity (Wildman–Crippen MR) is 101 cm³/mol. The van der Waals surface area contributed by atoms with Crippen LogP contribution in [0.4, 0.5) is 0 Å². The molecule has 0 unspecified atom stereocenters. The first-order valence-electron chi connectivity index (χ1n) is 8.93. The molecule has 26 heavy (non-hydrogen) atoms. The third-order valence-corrected chi connectivity index (χ3v) is 5.98. The average molecular weight is 373 g/mol. The topological polar surface area (TPSA) is 72.5 Å². The number of nitrogens with one attached hydrogen (secondary N) is 2. The molecule has 0 aliphatic carbocycles. The number of ether oxygens (including phenoxy) is 2. The van der Waals surface area contributed by atoms with E-state index in [2.05, 4.69) is 22.5 Å². The number of rotatable bonds is 5. The molecule has 2 aromatic rings. The van der Waals surface area contributed by atoms with E-state index >= 15 is 0 Å². The molecule has 7 heteroatoms. The molecule has 0 spiro atoms. The highest BCUT2D eigenvalue weighted by atomic mass is 32.1. The summed E-state index contributed by atoms with van der Waals surface area (Å²) in [6.07, 6.45) is 2.51. The Morgan fingerprint density at radius 3 is 2.96 bits per heavy atom. The molecule has 1 saturated heterocycles. The first-order chi connectivity index (χ1) is 12.6. The van der Waals surface area contributed by atoms with Crippen molar-refractivity contribution in [1.29, 1.82) is 0 Å². The summed E-state index contributed by atoms with van der Waals surface area (Å²) in [6.45, 7) is 5.28. The van der Waals surface area contributed by atoms with Crippen LogP contribution in [0.1, 0.15) is 25.5 Å². The number of benzene rings is 1. The molecule has 4 rings (SSSR count). The summed E-state index contributed by atoms with van der Waals surface area (Å²) in [6, 6.07) is 5.79. The van der Waals surface area contributed by atoms with E-state index in [1.54, 1.807) is 0 Å². The van der Waals surface area contributed by atoms with Gasteiger partial charge in [-0.15, -0.1) is 11.3 Å². The van der Waals surface area contributed by atoms with Gasteiger partial charge in [0.2, 0.25) is 12.7 Å². The maximum absolute atomic E-state index is 12.3. The molecule has 2 aliphatic rings. The molecular weight excluding hydrogens is 350 g/mol. The lowest BCUT2D eigenvalue weighted by Crippen LogP contribution is -2.43. The maximum atomic E-state index is 12.3. The monoisotopic (exact) mass is 373 g/mol.